The summed E-state index contributed by atoms with van der Waals surface area (Å²) in [4.78, 5) is 4.61. The number of rotatable bonds is 3. The maximum atomic E-state index is 8.76. The quantitative estimate of drug-likeness (QED) is 0.897. The molecule has 0 aliphatic heterocycles. The van der Waals surface area contributed by atoms with Gasteiger partial charge >= 0.3 is 0 Å². The first kappa shape index (κ1) is 11.7. The molecule has 1 aliphatic rings. The molecular weight excluding hydrogens is 242 g/mol. The molecule has 0 saturated heterocycles. The molecule has 0 unspecified atom stereocenters. The number of thiazole rings is 1. The van der Waals surface area contributed by atoms with Gasteiger partial charge < -0.3 is 5.32 Å². The van der Waals surface area contributed by atoms with Crippen LogP contribution in [0.3, 0.4) is 0 Å². The van der Waals surface area contributed by atoms with Gasteiger partial charge in [0.25, 0.3) is 0 Å². The van der Waals surface area contributed by atoms with Crippen molar-refractivity contribution in [2.75, 3.05) is 11.9 Å². The van der Waals surface area contributed by atoms with E-state index in [0.717, 1.165) is 17.6 Å². The lowest BCUT2D eigenvalue weighted by Gasteiger charge is -2.21. The normalized spacial score (nSPS) is 17.0. The first-order chi connectivity index (χ1) is 7.79. The number of hydrogen-bond donors (Lipinski definition) is 1. The van der Waals surface area contributed by atoms with Crippen LogP contribution in [0.1, 0.15) is 37.0 Å². The Morgan fingerprint density at radius 2 is 2.19 bits per heavy atom. The lowest BCUT2D eigenvalue weighted by Crippen LogP contribution is -2.16. The molecule has 1 aromatic heterocycles. The van der Waals surface area contributed by atoms with Crippen LogP contribution < -0.4 is 5.32 Å². The Balaban J connectivity index is 1.86. The molecule has 1 aliphatic carbocycles. The van der Waals surface area contributed by atoms with E-state index < -0.39 is 0 Å². The van der Waals surface area contributed by atoms with E-state index in [0.29, 0.717) is 10.0 Å². The zero-order valence-corrected chi connectivity index (χ0v) is 10.6. The van der Waals surface area contributed by atoms with Crippen LogP contribution in [-0.2, 0) is 0 Å². The van der Waals surface area contributed by atoms with Crippen molar-refractivity contribution < 1.29 is 0 Å². The second-order valence-electron chi connectivity index (χ2n) is 4.14. The molecule has 0 atom stereocenters. The van der Waals surface area contributed by atoms with E-state index in [9.17, 15) is 0 Å². The SMILES string of the molecule is N#Cc1sc(NCC2CCCCC2)nc1Cl. The van der Waals surface area contributed by atoms with E-state index in [2.05, 4.69) is 10.3 Å². The first-order valence-electron chi connectivity index (χ1n) is 5.60. The summed E-state index contributed by atoms with van der Waals surface area (Å²) in [5, 5.41) is 13.1. The second kappa shape index (κ2) is 5.51. The maximum absolute atomic E-state index is 8.76. The molecule has 1 saturated carbocycles. The van der Waals surface area contributed by atoms with Crippen molar-refractivity contribution in [3.63, 3.8) is 0 Å². The standard InChI is InChI=1S/C11H14ClN3S/c12-10-9(6-13)16-11(15-10)14-7-8-4-2-1-3-5-8/h8H,1-5,7H2,(H,14,15). The van der Waals surface area contributed by atoms with E-state index in [1.54, 1.807) is 0 Å². The molecule has 1 fully saturated rings. The van der Waals surface area contributed by atoms with Gasteiger partial charge in [-0.3, -0.25) is 0 Å². The summed E-state index contributed by atoms with van der Waals surface area (Å²) >= 11 is 7.14. The van der Waals surface area contributed by atoms with Gasteiger partial charge in [-0.15, -0.1) is 0 Å². The fraction of sp³-hybridized carbons (Fsp3) is 0.636. The van der Waals surface area contributed by atoms with E-state index in [1.807, 2.05) is 6.07 Å². The molecule has 0 spiro atoms. The summed E-state index contributed by atoms with van der Waals surface area (Å²) in [7, 11) is 0. The molecule has 5 heteroatoms. The molecule has 86 valence electrons. The Morgan fingerprint density at radius 3 is 2.81 bits per heavy atom. The minimum Gasteiger partial charge on any atom is -0.361 e. The molecule has 0 radical (unpaired) electrons. The highest BCUT2D eigenvalue weighted by Gasteiger charge is 2.14. The van der Waals surface area contributed by atoms with Gasteiger partial charge in [-0.1, -0.05) is 42.2 Å². The largest absolute Gasteiger partial charge is 0.361 e. The zero-order valence-electron chi connectivity index (χ0n) is 9.00. The number of anilines is 1. The van der Waals surface area contributed by atoms with Crippen LogP contribution in [0, 0.1) is 17.2 Å². The summed E-state index contributed by atoms with van der Waals surface area (Å²) < 4.78 is 0. The molecule has 16 heavy (non-hydrogen) atoms. The van der Waals surface area contributed by atoms with E-state index in [-0.39, 0.29) is 0 Å². The second-order valence-corrected chi connectivity index (χ2v) is 5.49. The van der Waals surface area contributed by atoms with Crippen LogP contribution in [0.4, 0.5) is 5.13 Å². The zero-order chi connectivity index (χ0) is 11.4. The van der Waals surface area contributed by atoms with Crippen molar-refractivity contribution in [2.24, 2.45) is 5.92 Å². The Kier molecular flexibility index (Phi) is 4.03. The van der Waals surface area contributed by atoms with Crippen molar-refractivity contribution in [3.8, 4) is 6.07 Å². The summed E-state index contributed by atoms with van der Waals surface area (Å²) in [6.07, 6.45) is 6.66. The van der Waals surface area contributed by atoms with Gasteiger partial charge in [-0.05, 0) is 18.8 Å². The van der Waals surface area contributed by atoms with Crippen LogP contribution in [0.2, 0.25) is 5.15 Å². The Bertz CT molecular complexity index is 390. The van der Waals surface area contributed by atoms with Crippen molar-refractivity contribution in [2.45, 2.75) is 32.1 Å². The van der Waals surface area contributed by atoms with Crippen molar-refractivity contribution in [3.05, 3.63) is 10.0 Å². The summed E-state index contributed by atoms with van der Waals surface area (Å²) in [5.74, 6) is 0.752. The van der Waals surface area contributed by atoms with E-state index in [4.69, 9.17) is 16.9 Å². The van der Waals surface area contributed by atoms with Crippen molar-refractivity contribution >= 4 is 28.1 Å². The van der Waals surface area contributed by atoms with Crippen LogP contribution in [0.5, 0.6) is 0 Å². The number of halogens is 1. The number of aromatic nitrogens is 1. The number of nitrogens with zero attached hydrogens (tertiary/aromatic N) is 2. The molecule has 0 amide bonds. The molecule has 1 heterocycles. The minimum absolute atomic E-state index is 0.318. The van der Waals surface area contributed by atoms with Gasteiger partial charge in [0.15, 0.2) is 10.3 Å². The third-order valence-electron chi connectivity index (χ3n) is 2.95. The lowest BCUT2D eigenvalue weighted by molar-refractivity contribution is 0.373. The molecule has 0 bridgehead atoms. The third-order valence-corrected chi connectivity index (χ3v) is 4.26. The van der Waals surface area contributed by atoms with Gasteiger partial charge in [0, 0.05) is 6.54 Å². The number of nitriles is 1. The Labute approximate surface area is 104 Å². The molecule has 1 N–H and O–H groups in total. The predicted molar refractivity (Wildman–Crippen MR) is 66.9 cm³/mol. The van der Waals surface area contributed by atoms with Gasteiger partial charge in [0.2, 0.25) is 0 Å². The molecule has 2 rings (SSSR count). The predicted octanol–water partition coefficient (Wildman–Crippen LogP) is 3.66. The highest BCUT2D eigenvalue weighted by Crippen LogP contribution is 2.28. The first-order valence-corrected chi connectivity index (χ1v) is 6.79. The third kappa shape index (κ3) is 2.87. The average Bonchev–Trinajstić information content (AvgIpc) is 2.69. The average molecular weight is 256 g/mol. The van der Waals surface area contributed by atoms with Gasteiger partial charge in [-0.25, -0.2) is 4.98 Å². The van der Waals surface area contributed by atoms with Crippen LogP contribution in [-0.4, -0.2) is 11.5 Å². The smallest absolute Gasteiger partial charge is 0.185 e. The van der Waals surface area contributed by atoms with Crippen LogP contribution in [0.15, 0.2) is 0 Å². The summed E-state index contributed by atoms with van der Waals surface area (Å²) in [6.45, 7) is 0.953. The fourth-order valence-electron chi connectivity index (χ4n) is 2.07. The summed E-state index contributed by atoms with van der Waals surface area (Å²) in [5.41, 5.74) is 0. The summed E-state index contributed by atoms with van der Waals surface area (Å²) in [6, 6.07) is 2.04. The molecule has 3 nitrogen and oxygen atoms in total. The molecule has 0 aromatic carbocycles. The van der Waals surface area contributed by atoms with Gasteiger partial charge in [0.05, 0.1) is 0 Å². The fourth-order valence-corrected chi connectivity index (χ4v) is 3.02. The highest BCUT2D eigenvalue weighted by molar-refractivity contribution is 7.16. The van der Waals surface area contributed by atoms with E-state index in [1.165, 1.54) is 43.4 Å². The molecular formula is C11H14ClN3S. The highest BCUT2D eigenvalue weighted by atomic mass is 35.5. The van der Waals surface area contributed by atoms with Crippen LogP contribution in [0.25, 0.3) is 0 Å². The van der Waals surface area contributed by atoms with Crippen molar-refractivity contribution in [1.29, 1.82) is 5.26 Å². The van der Waals surface area contributed by atoms with Crippen molar-refractivity contribution in [1.82, 2.24) is 4.98 Å². The lowest BCUT2D eigenvalue weighted by atomic mass is 9.89. The van der Waals surface area contributed by atoms with E-state index >= 15 is 0 Å². The Morgan fingerprint density at radius 1 is 1.44 bits per heavy atom. The van der Waals surface area contributed by atoms with Crippen LogP contribution >= 0.6 is 22.9 Å². The number of hydrogen-bond acceptors (Lipinski definition) is 4. The topological polar surface area (TPSA) is 48.7 Å². The maximum Gasteiger partial charge on any atom is 0.185 e. The molecule has 1 aromatic rings. The monoisotopic (exact) mass is 255 g/mol. The Hall–Kier alpha value is -0.790. The van der Waals surface area contributed by atoms with Gasteiger partial charge in [-0.2, -0.15) is 5.26 Å². The van der Waals surface area contributed by atoms with Gasteiger partial charge in [0.1, 0.15) is 10.9 Å². The number of nitrogens with one attached hydrogen (secondary N) is 1. The minimum atomic E-state index is 0.318.